The first kappa shape index (κ1) is 31.3. The van der Waals surface area contributed by atoms with Crippen LogP contribution in [0.4, 0.5) is 11.5 Å². The van der Waals surface area contributed by atoms with Gasteiger partial charge in [0.25, 0.3) is 0 Å². The van der Waals surface area contributed by atoms with Gasteiger partial charge in [0.05, 0.1) is 18.8 Å². The maximum atomic E-state index is 12.6. The van der Waals surface area contributed by atoms with Gasteiger partial charge < -0.3 is 29.2 Å². The molecule has 0 aliphatic carbocycles. The van der Waals surface area contributed by atoms with Crippen molar-refractivity contribution in [3.63, 3.8) is 0 Å². The number of hydrogen-bond acceptors (Lipinski definition) is 8. The van der Waals surface area contributed by atoms with Crippen LogP contribution in [0.2, 0.25) is 0 Å². The standard InChI is InChI=1S/C35H42N8O3/c1-5-32(44)43-19-18-42(21-27(43)20-36-2)34-29-15-17-41(31-14-8-11-25-10-6-7-13-28(25)31)22-30(29)37-35(38-34)46-24-26-12-9-16-40(26)23-33(45)39(3)4/h5-8,10-11,13-14,26-27H,1,9,12,15-24H2,3-4H3. The number of carbonyl (C=O) groups excluding carboxylic acids is 2. The van der Waals surface area contributed by atoms with Gasteiger partial charge in [-0.1, -0.05) is 43.0 Å². The van der Waals surface area contributed by atoms with Crippen molar-refractivity contribution in [1.82, 2.24) is 24.7 Å². The average molecular weight is 623 g/mol. The zero-order chi connectivity index (χ0) is 32.2. The van der Waals surface area contributed by atoms with Gasteiger partial charge in [-0.05, 0) is 43.3 Å². The summed E-state index contributed by atoms with van der Waals surface area (Å²) in [5.41, 5.74) is 3.19. The minimum Gasteiger partial charge on any atom is -0.462 e. The summed E-state index contributed by atoms with van der Waals surface area (Å²) >= 11 is 0. The van der Waals surface area contributed by atoms with Gasteiger partial charge >= 0.3 is 6.01 Å². The molecule has 0 N–H and O–H groups in total. The normalized spacial score (nSPS) is 19.9. The van der Waals surface area contributed by atoms with Gasteiger partial charge in [-0.3, -0.25) is 14.5 Å². The first-order valence-corrected chi connectivity index (χ1v) is 16.1. The van der Waals surface area contributed by atoms with Gasteiger partial charge in [0.15, 0.2) is 0 Å². The molecule has 0 radical (unpaired) electrons. The Morgan fingerprint density at radius 1 is 1.07 bits per heavy atom. The number of likely N-dealkylation sites (tertiary alicyclic amines) is 1. The van der Waals surface area contributed by atoms with E-state index in [2.05, 4.69) is 68.6 Å². The molecule has 0 saturated carbocycles. The molecule has 3 aliphatic rings. The molecule has 11 heteroatoms. The third-order valence-corrected chi connectivity index (χ3v) is 9.41. The first-order chi connectivity index (χ1) is 22.4. The number of amides is 2. The van der Waals surface area contributed by atoms with Gasteiger partial charge in [-0.2, -0.15) is 9.97 Å². The summed E-state index contributed by atoms with van der Waals surface area (Å²) < 4.78 is 6.36. The zero-order valence-corrected chi connectivity index (χ0v) is 26.8. The van der Waals surface area contributed by atoms with Crippen molar-refractivity contribution in [2.24, 2.45) is 0 Å². The Morgan fingerprint density at radius 3 is 2.70 bits per heavy atom. The summed E-state index contributed by atoms with van der Waals surface area (Å²) in [6, 6.07) is 15.0. The van der Waals surface area contributed by atoms with Crippen molar-refractivity contribution in [2.75, 3.05) is 76.3 Å². The number of likely N-dealkylation sites (N-methyl/N-ethyl adjacent to an activating group) is 1. The molecule has 4 heterocycles. The Bertz CT molecular complexity index is 1650. The quantitative estimate of drug-likeness (QED) is 0.266. The zero-order valence-electron chi connectivity index (χ0n) is 26.8. The molecule has 0 bridgehead atoms. The second kappa shape index (κ2) is 13.7. The van der Waals surface area contributed by atoms with Crippen LogP contribution in [0, 0.1) is 6.57 Å². The third kappa shape index (κ3) is 6.49. The lowest BCUT2D eigenvalue weighted by atomic mass is 10.0. The molecule has 6 rings (SSSR count). The second-order valence-electron chi connectivity index (χ2n) is 12.5. The van der Waals surface area contributed by atoms with E-state index in [9.17, 15) is 9.59 Å². The lowest BCUT2D eigenvalue weighted by Crippen LogP contribution is -2.56. The molecule has 1 aromatic heterocycles. The number of carbonyl (C=O) groups is 2. The van der Waals surface area contributed by atoms with Gasteiger partial charge in [-0.15, -0.1) is 0 Å². The maximum absolute atomic E-state index is 12.6. The van der Waals surface area contributed by atoms with Crippen molar-refractivity contribution >= 4 is 34.1 Å². The van der Waals surface area contributed by atoms with E-state index in [1.54, 1.807) is 23.9 Å². The van der Waals surface area contributed by atoms with Crippen molar-refractivity contribution in [3.05, 3.63) is 77.8 Å². The van der Waals surface area contributed by atoms with E-state index in [0.29, 0.717) is 45.3 Å². The predicted molar refractivity (Wildman–Crippen MR) is 179 cm³/mol. The van der Waals surface area contributed by atoms with Crippen molar-refractivity contribution in [3.8, 4) is 6.01 Å². The molecular formula is C35H42N8O3. The SMILES string of the molecule is [C-]#[N+]CC1CN(c2nc(OCC3CCCN3CC(=O)N(C)C)nc3c2CCN(c2cccc4ccccc24)C3)CCN1C(=O)C=C. The van der Waals surface area contributed by atoms with Crippen LogP contribution in [0.5, 0.6) is 6.01 Å². The lowest BCUT2D eigenvalue weighted by molar-refractivity contribution is -0.130. The third-order valence-electron chi connectivity index (χ3n) is 9.41. The van der Waals surface area contributed by atoms with Gasteiger partial charge in [-0.25, -0.2) is 6.57 Å². The Balaban J connectivity index is 1.30. The van der Waals surface area contributed by atoms with Crippen LogP contribution >= 0.6 is 0 Å². The highest BCUT2D eigenvalue weighted by Crippen LogP contribution is 2.35. The number of benzene rings is 2. The molecule has 3 aromatic rings. The van der Waals surface area contributed by atoms with Crippen LogP contribution in [0.3, 0.4) is 0 Å². The number of rotatable bonds is 9. The molecule has 2 unspecified atom stereocenters. The number of piperazine rings is 1. The highest BCUT2D eigenvalue weighted by Gasteiger charge is 2.35. The molecule has 240 valence electrons. The van der Waals surface area contributed by atoms with Gasteiger partial charge in [0.2, 0.25) is 18.4 Å². The smallest absolute Gasteiger partial charge is 0.318 e. The molecule has 2 aromatic carbocycles. The van der Waals surface area contributed by atoms with E-state index < -0.39 is 0 Å². The summed E-state index contributed by atoms with van der Waals surface area (Å²) in [4.78, 5) is 48.8. The van der Waals surface area contributed by atoms with Crippen LogP contribution in [0.1, 0.15) is 24.1 Å². The summed E-state index contributed by atoms with van der Waals surface area (Å²) in [5, 5.41) is 2.41. The Labute approximate surface area is 270 Å². The Kier molecular flexibility index (Phi) is 9.35. The molecule has 2 fully saturated rings. The van der Waals surface area contributed by atoms with E-state index in [1.807, 2.05) is 0 Å². The fourth-order valence-corrected chi connectivity index (χ4v) is 6.90. The monoisotopic (exact) mass is 622 g/mol. The first-order valence-electron chi connectivity index (χ1n) is 16.1. The highest BCUT2D eigenvalue weighted by atomic mass is 16.5. The van der Waals surface area contributed by atoms with Crippen LogP contribution < -0.4 is 14.5 Å². The van der Waals surface area contributed by atoms with E-state index in [1.165, 1.54) is 22.5 Å². The lowest BCUT2D eigenvalue weighted by Gasteiger charge is -2.41. The van der Waals surface area contributed by atoms with Crippen molar-refractivity contribution in [1.29, 1.82) is 0 Å². The number of ether oxygens (including phenoxy) is 1. The fraction of sp³-hybridized carbons (Fsp3) is 0.457. The molecule has 2 amide bonds. The molecule has 2 atom stereocenters. The topological polar surface area (TPSA) is 89.7 Å². The minimum atomic E-state index is -0.260. The summed E-state index contributed by atoms with van der Waals surface area (Å²) in [6.45, 7) is 16.0. The largest absolute Gasteiger partial charge is 0.462 e. The summed E-state index contributed by atoms with van der Waals surface area (Å²) in [7, 11) is 3.56. The van der Waals surface area contributed by atoms with Crippen LogP contribution in [-0.4, -0.2) is 115 Å². The fourth-order valence-electron chi connectivity index (χ4n) is 6.90. The number of hydrogen-bond donors (Lipinski definition) is 0. The number of nitrogens with zero attached hydrogens (tertiary/aromatic N) is 8. The van der Waals surface area contributed by atoms with Crippen LogP contribution in [0.15, 0.2) is 55.1 Å². The average Bonchev–Trinajstić information content (AvgIpc) is 3.52. The predicted octanol–water partition coefficient (Wildman–Crippen LogP) is 3.25. The maximum Gasteiger partial charge on any atom is 0.318 e. The summed E-state index contributed by atoms with van der Waals surface area (Å²) in [5.74, 6) is 0.752. The van der Waals surface area contributed by atoms with E-state index in [-0.39, 0.29) is 30.4 Å². The van der Waals surface area contributed by atoms with E-state index >= 15 is 0 Å². The highest BCUT2D eigenvalue weighted by molar-refractivity contribution is 5.94. The van der Waals surface area contributed by atoms with Crippen LogP contribution in [-0.2, 0) is 22.6 Å². The number of anilines is 2. The Hall–Kier alpha value is -4.69. The number of fused-ring (bicyclic) bond motifs is 2. The van der Waals surface area contributed by atoms with E-state index in [4.69, 9.17) is 21.3 Å². The Morgan fingerprint density at radius 2 is 1.89 bits per heavy atom. The van der Waals surface area contributed by atoms with Gasteiger partial charge in [0, 0.05) is 63.0 Å². The number of aromatic nitrogens is 2. The van der Waals surface area contributed by atoms with E-state index in [0.717, 1.165) is 49.4 Å². The molecular weight excluding hydrogens is 580 g/mol. The molecule has 2 saturated heterocycles. The van der Waals surface area contributed by atoms with Gasteiger partial charge in [0.1, 0.15) is 18.5 Å². The van der Waals surface area contributed by atoms with Crippen molar-refractivity contribution < 1.29 is 14.3 Å². The summed E-state index contributed by atoms with van der Waals surface area (Å²) in [6.07, 6.45) is 4.05. The molecule has 0 spiro atoms. The minimum absolute atomic E-state index is 0.0794. The van der Waals surface area contributed by atoms with Crippen molar-refractivity contribution in [2.45, 2.75) is 37.9 Å². The van der Waals surface area contributed by atoms with Crippen LogP contribution in [0.25, 0.3) is 15.6 Å². The molecule has 3 aliphatic heterocycles. The second-order valence-corrected chi connectivity index (χ2v) is 12.5. The molecule has 11 nitrogen and oxygen atoms in total. The molecule has 46 heavy (non-hydrogen) atoms.